The second-order valence-electron chi connectivity index (χ2n) is 33.7. The molecule has 0 amide bonds. The number of carbonyl (C=O) groups is 4. The Morgan fingerprint density at radius 3 is 1.77 bits per heavy atom. The summed E-state index contributed by atoms with van der Waals surface area (Å²) in [4.78, 5) is 53.9. The van der Waals surface area contributed by atoms with E-state index in [1.54, 1.807) is 0 Å². The van der Waals surface area contributed by atoms with E-state index >= 15 is 4.79 Å². The van der Waals surface area contributed by atoms with E-state index in [-0.39, 0.29) is 32.1 Å². The van der Waals surface area contributed by atoms with Crippen LogP contribution in [-0.2, 0) is 80.8 Å². The number of ether oxygens (including phenoxy) is 13. The highest BCUT2D eigenvalue weighted by atomic mass is 16.8. The second-order valence-corrected chi connectivity index (χ2v) is 33.7. The Bertz CT molecular complexity index is 3180. The number of allylic oxidation sites excluding steroid dienone is 1. The van der Waals surface area contributed by atoms with Crippen LogP contribution in [0.15, 0.2) is 11.6 Å². The van der Waals surface area contributed by atoms with Gasteiger partial charge >= 0.3 is 23.9 Å². The van der Waals surface area contributed by atoms with Crippen molar-refractivity contribution in [1.82, 2.24) is 0 Å². The molecule has 612 valence electrons. The minimum absolute atomic E-state index is 0.0212. The lowest BCUT2D eigenvalue weighted by Gasteiger charge is -2.71. The number of carbonyl (C=O) groups excluding carboxylic acids is 2. The normalized spacial score (nSPS) is 51.0. The Kier molecular flexibility index (Phi) is 24.7. The molecule has 0 bridgehead atoms. The van der Waals surface area contributed by atoms with E-state index in [0.29, 0.717) is 25.7 Å². The fourth-order valence-electron chi connectivity index (χ4n) is 20.0. The van der Waals surface area contributed by atoms with Gasteiger partial charge in [0.1, 0.15) is 116 Å². The molecule has 37 heteroatoms. The van der Waals surface area contributed by atoms with Crippen LogP contribution in [0, 0.1) is 50.2 Å². The average molecular weight is 1540 g/mol. The third kappa shape index (κ3) is 15.0. The van der Waals surface area contributed by atoms with Gasteiger partial charge in [-0.2, -0.15) is 0 Å². The van der Waals surface area contributed by atoms with Gasteiger partial charge in [-0.1, -0.05) is 39.3 Å². The number of rotatable bonds is 22. The molecule has 5 aliphatic carbocycles. The van der Waals surface area contributed by atoms with Gasteiger partial charge < -0.3 is 164 Å². The number of hydrogen-bond acceptors (Lipinski definition) is 35. The molecule has 11 rings (SSSR count). The maximum atomic E-state index is 15.9. The summed E-state index contributed by atoms with van der Waals surface area (Å²) in [5, 5.41) is 221. The first kappa shape index (κ1) is 84.4. The molecule has 6 aliphatic heterocycles. The van der Waals surface area contributed by atoms with Gasteiger partial charge in [0.25, 0.3) is 0 Å². The molecule has 37 nitrogen and oxygen atoms in total. The van der Waals surface area contributed by atoms with Crippen LogP contribution >= 0.6 is 0 Å². The van der Waals surface area contributed by atoms with Crippen LogP contribution < -0.4 is 0 Å². The average Bonchev–Trinajstić information content (AvgIpc) is 0.848. The van der Waals surface area contributed by atoms with Crippen molar-refractivity contribution < 1.29 is 183 Å². The Morgan fingerprint density at radius 1 is 0.579 bits per heavy atom. The number of aliphatic hydroxyl groups excluding tert-OH is 16. The monoisotopic (exact) mass is 1540 g/mol. The summed E-state index contributed by atoms with van der Waals surface area (Å²) < 4.78 is 77.3. The van der Waals surface area contributed by atoms with Crippen LogP contribution in [0.1, 0.15) is 126 Å². The van der Waals surface area contributed by atoms with Crippen molar-refractivity contribution in [3.63, 3.8) is 0 Å². The first-order valence-electron chi connectivity index (χ1n) is 36.7. The lowest BCUT2D eigenvalue weighted by molar-refractivity contribution is -0.388. The van der Waals surface area contributed by atoms with E-state index < -0.39 is 310 Å². The molecule has 4 saturated carbocycles. The smallest absolute Gasteiger partial charge is 0.315 e. The van der Waals surface area contributed by atoms with Gasteiger partial charge in [-0.05, 0) is 119 Å². The number of carboxylic acids is 2. The molecule has 1 unspecified atom stereocenters. The van der Waals surface area contributed by atoms with E-state index in [4.69, 9.17) is 61.6 Å². The van der Waals surface area contributed by atoms with Gasteiger partial charge in [0.2, 0.25) is 6.29 Å². The molecule has 0 aromatic carbocycles. The first-order chi connectivity index (χ1) is 49.9. The first-order valence-corrected chi connectivity index (χ1v) is 36.7. The van der Waals surface area contributed by atoms with Gasteiger partial charge in [0, 0.05) is 5.41 Å². The Balaban J connectivity index is 0.848. The molecule has 20 N–H and O–H groups in total. The lowest BCUT2D eigenvalue weighted by atomic mass is 9.33. The highest BCUT2D eigenvalue weighted by Crippen LogP contribution is 2.76. The minimum atomic E-state index is -2.50. The molecular weight excluding hydrogens is 1430 g/mol. The van der Waals surface area contributed by atoms with Crippen molar-refractivity contribution in [3.05, 3.63) is 11.6 Å². The van der Waals surface area contributed by atoms with Crippen molar-refractivity contribution in [3.8, 4) is 0 Å². The maximum absolute atomic E-state index is 15.9. The topological polar surface area (TPSA) is 593 Å². The summed E-state index contributed by atoms with van der Waals surface area (Å²) in [7, 11) is 0. The third-order valence-electron chi connectivity index (χ3n) is 26.2. The zero-order valence-electron chi connectivity index (χ0n) is 60.9. The van der Waals surface area contributed by atoms with Crippen LogP contribution in [0.5, 0.6) is 0 Å². The van der Waals surface area contributed by atoms with Crippen molar-refractivity contribution in [1.29, 1.82) is 0 Å². The molecule has 38 atom stereocenters. The predicted molar refractivity (Wildman–Crippen MR) is 349 cm³/mol. The summed E-state index contributed by atoms with van der Waals surface area (Å²) >= 11 is 0. The van der Waals surface area contributed by atoms with Gasteiger partial charge in [-0.15, -0.1) is 0 Å². The molecule has 107 heavy (non-hydrogen) atoms. The lowest BCUT2D eigenvalue weighted by Crippen LogP contribution is -2.71. The maximum Gasteiger partial charge on any atom is 0.315 e. The van der Waals surface area contributed by atoms with E-state index in [0.717, 1.165) is 12.5 Å². The quantitative estimate of drug-likeness (QED) is 0.0273. The number of aliphatic hydroxyl groups is 18. The molecule has 11 aliphatic rings. The number of esters is 2. The Morgan fingerprint density at radius 2 is 1.16 bits per heavy atom. The van der Waals surface area contributed by atoms with Gasteiger partial charge in [-0.3, -0.25) is 19.2 Å². The Hall–Kier alpha value is -3.54. The van der Waals surface area contributed by atoms with Crippen LogP contribution in [-0.4, -0.2) is 349 Å². The summed E-state index contributed by atoms with van der Waals surface area (Å²) in [5.41, 5.74) is -10.3. The van der Waals surface area contributed by atoms with Gasteiger partial charge in [0.05, 0.1) is 80.6 Å². The Labute approximate surface area is 615 Å². The van der Waals surface area contributed by atoms with Gasteiger partial charge in [0.15, 0.2) is 43.2 Å². The fourth-order valence-corrected chi connectivity index (χ4v) is 20.0. The molecule has 0 aromatic rings. The van der Waals surface area contributed by atoms with Crippen molar-refractivity contribution >= 4 is 23.9 Å². The molecule has 6 saturated heterocycles. The van der Waals surface area contributed by atoms with E-state index in [2.05, 4.69) is 20.8 Å². The minimum Gasteiger partial charge on any atom is -0.481 e. The zero-order chi connectivity index (χ0) is 78.7. The summed E-state index contributed by atoms with van der Waals surface area (Å²) in [6.07, 6.45) is -47.8. The van der Waals surface area contributed by atoms with Crippen molar-refractivity contribution in [2.24, 2.45) is 50.2 Å². The summed E-state index contributed by atoms with van der Waals surface area (Å²) in [6.45, 7) is 8.82. The second kappa shape index (κ2) is 31.3. The molecule has 10 fully saturated rings. The zero-order valence-corrected chi connectivity index (χ0v) is 60.9. The van der Waals surface area contributed by atoms with Crippen molar-refractivity contribution in [2.45, 2.75) is 309 Å². The summed E-state index contributed by atoms with van der Waals surface area (Å²) in [6, 6.07) is 0. The van der Waals surface area contributed by atoms with Crippen LogP contribution in [0.25, 0.3) is 0 Å². The largest absolute Gasteiger partial charge is 0.481 e. The molecule has 6 heterocycles. The number of hydrogen-bond donors (Lipinski definition) is 20. The van der Waals surface area contributed by atoms with Crippen molar-refractivity contribution in [2.75, 3.05) is 39.6 Å². The predicted octanol–water partition coefficient (Wildman–Crippen LogP) is -5.88. The summed E-state index contributed by atoms with van der Waals surface area (Å²) in [5.74, 6) is -6.53. The van der Waals surface area contributed by atoms with E-state index in [9.17, 15) is 117 Å². The highest BCUT2D eigenvalue weighted by Gasteiger charge is 2.74. The fraction of sp³-hybridized carbons (Fsp3) is 0.914. The number of fused-ring (bicyclic) bond motifs is 7. The number of carboxylic acid groups (broad SMARTS) is 2. The van der Waals surface area contributed by atoms with E-state index in [1.807, 2.05) is 13.0 Å². The molecular formula is C70H110O37. The SMILES string of the molecule is C[C@@H]1O[C@@H](O[C@H]2[C@H](OC(=O)[C@]34CCC(C)(C)C[C@H]3C3=CC[C@@H]5[C@@]6(C)C[C@H](O)[C@H](O[C@@H]7O[C@H](CO)[C@@H](O)[C@H](O)[C@H]7O)[C@@](C)(C(=O)O)[C@@H]6CC[C@@]5(C)[C@]3(CO)CC4)O[C@H](C)[C@H](O)[C@@H]2O)[C@H](O)[C@H](O[C@@H]2OC[C@](O)(COC(=O)CC(C)(O)CC(=O)O)[C@H]2O)[C@H]1O[C@@H]1OC[C@@H](O[C@@H]2O[C@H](CO)[C@H](O)[C@H](O)[C@H]2O)[C@H](O)[C@H]1O. The standard InChI is InChI=1S/C70H110O37/c1-27-39(78)45(84)52(105-58-49(88)51(104-60-53(89)70(94,26-97-60)25-96-38(77)20-64(5,93)19-37(75)76)50(28(2)99-58)103-55-46(85)42(81)34(23-95-55)102-56-47(86)43(82)40(79)32(21-71)100-56)59(98-27)107-62(92)68-14-13-63(3,4)17-30(68)29-9-10-35-65(6)18-31(74)54(106-57-48(87)44(83)41(80)33(22-72)101-57)67(8,61(90)91)36(65)11-12-66(35,7)69(29,24-73)16-15-68/h9,27-28,30-36,39-60,71-74,78-89,93-94H,10-26H2,1-8H3,(H,75,76)(H,90,91)/t27-,28+,30+,31+,32-,33-,34-,35-,36-,39+,40+,41-,42+,43+,44+,45+,46-,47-,48-,49-,50+,51+,52-,53+,54+,55+,56+,57+,58+,59+,60+,64?,65-,66-,67+,68+,69+,70-/m1/s1. The third-order valence-corrected chi connectivity index (χ3v) is 26.2. The van der Waals surface area contributed by atoms with Gasteiger partial charge in [-0.25, -0.2) is 0 Å². The van der Waals surface area contributed by atoms with Crippen LogP contribution in [0.2, 0.25) is 0 Å². The molecule has 0 aromatic heterocycles. The molecule has 0 radical (unpaired) electrons. The van der Waals surface area contributed by atoms with E-state index in [1.165, 1.54) is 20.8 Å². The number of aliphatic carboxylic acids is 2. The van der Waals surface area contributed by atoms with Crippen LogP contribution in [0.3, 0.4) is 0 Å². The van der Waals surface area contributed by atoms with Crippen LogP contribution in [0.4, 0.5) is 0 Å². The highest BCUT2D eigenvalue weighted by molar-refractivity contribution is 5.79. The molecule has 0 spiro atoms.